The van der Waals surface area contributed by atoms with Gasteiger partial charge in [0.05, 0.1) is 12.6 Å². The van der Waals surface area contributed by atoms with Crippen molar-refractivity contribution in [2.24, 2.45) is 16.3 Å². The standard InChI is InChI=1S/C17H29N3O2/c1-10(2)14-11(3)18-16(17(4,5)6)20-9-13(15(21)22)19(7)8-12(14)20/h10-11,13H,8-9H2,1-7H3,(H,21,22)/t11-,13?/m0/s1. The van der Waals surface area contributed by atoms with Crippen LogP contribution in [0, 0.1) is 11.3 Å². The van der Waals surface area contributed by atoms with E-state index in [1.165, 1.54) is 11.3 Å². The number of aliphatic imine (C=N–C) groups is 1. The Bertz CT molecular complexity index is 529. The minimum absolute atomic E-state index is 0.0962. The summed E-state index contributed by atoms with van der Waals surface area (Å²) in [6.07, 6.45) is 0. The lowest BCUT2D eigenvalue weighted by molar-refractivity contribution is -0.143. The van der Waals surface area contributed by atoms with Gasteiger partial charge in [0.1, 0.15) is 11.9 Å². The van der Waals surface area contributed by atoms with Crippen molar-refractivity contribution in [3.63, 3.8) is 0 Å². The minimum Gasteiger partial charge on any atom is -0.480 e. The monoisotopic (exact) mass is 307 g/mol. The molecule has 0 aromatic heterocycles. The number of carboxylic acids is 1. The van der Waals surface area contributed by atoms with Crippen LogP contribution in [0.4, 0.5) is 0 Å². The third-order valence-corrected chi connectivity index (χ3v) is 4.55. The number of amidine groups is 1. The summed E-state index contributed by atoms with van der Waals surface area (Å²) in [4.78, 5) is 20.6. The third-order valence-electron chi connectivity index (χ3n) is 4.55. The topological polar surface area (TPSA) is 56.1 Å². The second kappa shape index (κ2) is 5.69. The van der Waals surface area contributed by atoms with E-state index in [9.17, 15) is 9.90 Å². The van der Waals surface area contributed by atoms with Crippen LogP contribution >= 0.6 is 0 Å². The normalized spacial score (nSPS) is 27.1. The zero-order valence-corrected chi connectivity index (χ0v) is 14.8. The van der Waals surface area contributed by atoms with Gasteiger partial charge in [-0.15, -0.1) is 0 Å². The fourth-order valence-electron chi connectivity index (χ4n) is 3.56. The van der Waals surface area contributed by atoms with Crippen LogP contribution in [0.5, 0.6) is 0 Å². The molecule has 1 saturated heterocycles. The summed E-state index contributed by atoms with van der Waals surface area (Å²) in [5.74, 6) is 0.658. The first-order valence-corrected chi connectivity index (χ1v) is 8.05. The van der Waals surface area contributed by atoms with Crippen molar-refractivity contribution in [2.45, 2.75) is 53.6 Å². The molecular weight excluding hydrogens is 278 g/mol. The van der Waals surface area contributed by atoms with Gasteiger partial charge in [-0.2, -0.15) is 0 Å². The van der Waals surface area contributed by atoms with Crippen LogP contribution in [0.2, 0.25) is 0 Å². The molecular formula is C17H29N3O2. The number of hydrogen-bond donors (Lipinski definition) is 1. The van der Waals surface area contributed by atoms with E-state index in [1.807, 2.05) is 11.9 Å². The molecule has 22 heavy (non-hydrogen) atoms. The number of piperazine rings is 1. The molecule has 5 heteroatoms. The maximum atomic E-state index is 11.6. The highest BCUT2D eigenvalue weighted by Gasteiger charge is 2.41. The van der Waals surface area contributed by atoms with Crippen LogP contribution in [-0.2, 0) is 4.79 Å². The van der Waals surface area contributed by atoms with E-state index in [0.717, 1.165) is 5.84 Å². The zero-order chi connectivity index (χ0) is 16.8. The van der Waals surface area contributed by atoms with Crippen LogP contribution < -0.4 is 0 Å². The molecule has 0 saturated carbocycles. The molecule has 1 fully saturated rings. The second-order valence-electron chi connectivity index (χ2n) is 7.82. The van der Waals surface area contributed by atoms with Gasteiger partial charge >= 0.3 is 5.97 Å². The average molecular weight is 307 g/mol. The van der Waals surface area contributed by atoms with E-state index in [-0.39, 0.29) is 11.5 Å². The fourth-order valence-corrected chi connectivity index (χ4v) is 3.56. The van der Waals surface area contributed by atoms with Crippen LogP contribution in [-0.4, -0.2) is 58.9 Å². The molecule has 5 nitrogen and oxygen atoms in total. The Hall–Kier alpha value is -1.36. The van der Waals surface area contributed by atoms with E-state index >= 15 is 0 Å². The molecule has 2 rings (SSSR count). The molecule has 1 unspecified atom stereocenters. The number of aliphatic carboxylic acids is 1. The van der Waals surface area contributed by atoms with Crippen LogP contribution in [0.1, 0.15) is 41.5 Å². The van der Waals surface area contributed by atoms with Gasteiger partial charge in [0.15, 0.2) is 0 Å². The summed E-state index contributed by atoms with van der Waals surface area (Å²) >= 11 is 0. The summed E-state index contributed by atoms with van der Waals surface area (Å²) < 4.78 is 0. The molecule has 2 aliphatic heterocycles. The molecule has 0 aliphatic carbocycles. The quantitative estimate of drug-likeness (QED) is 0.851. The van der Waals surface area contributed by atoms with Gasteiger partial charge in [-0.3, -0.25) is 14.7 Å². The Balaban J connectivity index is 2.51. The predicted octanol–water partition coefficient (Wildman–Crippen LogP) is 2.44. The van der Waals surface area contributed by atoms with Crippen molar-refractivity contribution < 1.29 is 9.90 Å². The number of rotatable bonds is 2. The first kappa shape index (κ1) is 17.0. The van der Waals surface area contributed by atoms with Crippen molar-refractivity contribution in [1.82, 2.24) is 9.80 Å². The maximum absolute atomic E-state index is 11.6. The van der Waals surface area contributed by atoms with Crippen LogP contribution in [0.3, 0.4) is 0 Å². The highest BCUT2D eigenvalue weighted by molar-refractivity contribution is 5.91. The number of fused-ring (bicyclic) bond motifs is 1. The number of likely N-dealkylation sites (N-methyl/N-ethyl adjacent to an activating group) is 1. The molecule has 2 atom stereocenters. The zero-order valence-electron chi connectivity index (χ0n) is 14.8. The maximum Gasteiger partial charge on any atom is 0.322 e. The molecule has 0 bridgehead atoms. The minimum atomic E-state index is -0.764. The van der Waals surface area contributed by atoms with Crippen molar-refractivity contribution in [3.05, 3.63) is 11.3 Å². The van der Waals surface area contributed by atoms with Gasteiger partial charge in [-0.05, 0) is 25.5 Å². The van der Waals surface area contributed by atoms with Crippen molar-refractivity contribution in [1.29, 1.82) is 0 Å². The Labute approximate surface area is 133 Å². The summed E-state index contributed by atoms with van der Waals surface area (Å²) in [7, 11) is 1.90. The highest BCUT2D eigenvalue weighted by atomic mass is 16.4. The van der Waals surface area contributed by atoms with Gasteiger partial charge in [0, 0.05) is 17.7 Å². The molecule has 0 aromatic carbocycles. The molecule has 0 aromatic rings. The second-order valence-corrected chi connectivity index (χ2v) is 7.82. The number of nitrogens with zero attached hydrogens (tertiary/aromatic N) is 3. The van der Waals surface area contributed by atoms with Gasteiger partial charge < -0.3 is 10.0 Å². The summed E-state index contributed by atoms with van der Waals surface area (Å²) in [5.41, 5.74) is 2.49. The summed E-state index contributed by atoms with van der Waals surface area (Å²) in [5, 5.41) is 9.49. The SMILES string of the molecule is CC(C)C1=C2CN(C)C(C(=O)O)CN2C(C(C)(C)C)=N[C@H]1C. The van der Waals surface area contributed by atoms with Gasteiger partial charge in [-0.1, -0.05) is 34.6 Å². The first-order chi connectivity index (χ1) is 10.0. The lowest BCUT2D eigenvalue weighted by atomic mass is 9.86. The molecule has 2 aliphatic rings. The molecule has 0 spiro atoms. The fraction of sp³-hybridized carbons (Fsp3) is 0.765. The van der Waals surface area contributed by atoms with Gasteiger partial charge in [0.25, 0.3) is 0 Å². The highest BCUT2D eigenvalue weighted by Crippen LogP contribution is 2.36. The van der Waals surface area contributed by atoms with Crippen molar-refractivity contribution in [3.8, 4) is 0 Å². The van der Waals surface area contributed by atoms with Crippen LogP contribution in [0.25, 0.3) is 0 Å². The van der Waals surface area contributed by atoms with Crippen molar-refractivity contribution in [2.75, 3.05) is 20.1 Å². The molecule has 1 N–H and O–H groups in total. The number of hydrogen-bond acceptors (Lipinski definition) is 4. The molecule has 124 valence electrons. The third kappa shape index (κ3) is 2.91. The molecule has 0 radical (unpaired) electrons. The average Bonchev–Trinajstić information content (AvgIpc) is 2.34. The smallest absolute Gasteiger partial charge is 0.322 e. The van der Waals surface area contributed by atoms with E-state index in [4.69, 9.17) is 4.99 Å². The summed E-state index contributed by atoms with van der Waals surface area (Å²) in [6.45, 7) is 14.1. The first-order valence-electron chi connectivity index (χ1n) is 8.05. The van der Waals surface area contributed by atoms with E-state index < -0.39 is 12.0 Å². The lowest BCUT2D eigenvalue weighted by Gasteiger charge is -2.48. The van der Waals surface area contributed by atoms with Gasteiger partial charge in [0.2, 0.25) is 0 Å². The summed E-state index contributed by atoms with van der Waals surface area (Å²) in [6, 6.07) is -0.326. The Morgan fingerprint density at radius 1 is 1.36 bits per heavy atom. The largest absolute Gasteiger partial charge is 0.480 e. The van der Waals surface area contributed by atoms with E-state index in [0.29, 0.717) is 19.0 Å². The van der Waals surface area contributed by atoms with Gasteiger partial charge in [-0.25, -0.2) is 0 Å². The Morgan fingerprint density at radius 2 is 1.95 bits per heavy atom. The molecule has 2 heterocycles. The number of carboxylic acid groups (broad SMARTS) is 1. The Morgan fingerprint density at radius 3 is 2.41 bits per heavy atom. The molecule has 0 amide bonds. The Kier molecular flexibility index (Phi) is 4.39. The van der Waals surface area contributed by atoms with Crippen LogP contribution in [0.15, 0.2) is 16.3 Å². The lowest BCUT2D eigenvalue weighted by Crippen LogP contribution is -2.59. The van der Waals surface area contributed by atoms with E-state index in [1.54, 1.807) is 0 Å². The van der Waals surface area contributed by atoms with Crippen molar-refractivity contribution >= 4 is 11.8 Å². The predicted molar refractivity (Wildman–Crippen MR) is 89.0 cm³/mol. The van der Waals surface area contributed by atoms with E-state index in [2.05, 4.69) is 46.4 Å². The number of carbonyl (C=O) groups is 1.